The zero-order chi connectivity index (χ0) is 31.8. The van der Waals surface area contributed by atoms with Crippen molar-refractivity contribution in [2.75, 3.05) is 45.5 Å². The first-order chi connectivity index (χ1) is 22.2. The number of nitrogens with zero attached hydrogens (tertiary/aromatic N) is 1. The Balaban J connectivity index is 1.39. The van der Waals surface area contributed by atoms with E-state index in [1.165, 1.54) is 43.6 Å². The lowest BCUT2D eigenvalue weighted by Crippen LogP contribution is -2.33. The molecule has 0 spiro atoms. The van der Waals surface area contributed by atoms with E-state index in [1.807, 2.05) is 51.9 Å². The normalized spacial score (nSPS) is 11.6. The number of nitriles is 1. The Hall–Kier alpha value is -2.24. The van der Waals surface area contributed by atoms with Gasteiger partial charge in [0.05, 0.1) is 39.9 Å². The van der Waals surface area contributed by atoms with E-state index in [4.69, 9.17) is 28.5 Å². The molecule has 3 rings (SSSR count). The van der Waals surface area contributed by atoms with Gasteiger partial charge in [0.15, 0.2) is 9.03 Å². The van der Waals surface area contributed by atoms with Crippen molar-refractivity contribution in [1.29, 1.82) is 5.26 Å². The molecule has 9 heteroatoms. The highest BCUT2D eigenvalue weighted by molar-refractivity contribution is 8.76. The van der Waals surface area contributed by atoms with Gasteiger partial charge in [-0.3, -0.25) is 0 Å². The molecule has 0 aliphatic rings. The maximum absolute atomic E-state index is 8.47. The molecule has 0 bridgehead atoms. The molecule has 0 saturated carbocycles. The van der Waals surface area contributed by atoms with Gasteiger partial charge in [-0.05, 0) is 66.6 Å². The van der Waals surface area contributed by atoms with E-state index in [0.29, 0.717) is 19.6 Å². The van der Waals surface area contributed by atoms with Gasteiger partial charge in [0.1, 0.15) is 17.1 Å². The Bertz CT molecular complexity index is 1160. The fourth-order valence-corrected chi connectivity index (χ4v) is 7.73. The third-order valence-corrected chi connectivity index (χ3v) is 10.6. The Kier molecular flexibility index (Phi) is 19.1. The number of hydrogen-bond acceptors (Lipinski definition) is 8. The lowest BCUT2D eigenvalue weighted by molar-refractivity contribution is 0.0106. The summed E-state index contributed by atoms with van der Waals surface area (Å²) >= 11 is 0. The van der Waals surface area contributed by atoms with E-state index in [9.17, 15) is 0 Å². The molecule has 3 aromatic rings. The molecule has 0 aromatic heterocycles. The van der Waals surface area contributed by atoms with E-state index in [2.05, 4.69) is 54.6 Å². The fraction of sp³-hybridized carbons (Fsp3) is 0.472. The number of ether oxygens (including phenoxy) is 3. The maximum Gasteiger partial charge on any atom is 0.155 e. The number of benzene rings is 3. The van der Waals surface area contributed by atoms with Crippen LogP contribution in [0.3, 0.4) is 0 Å². The van der Waals surface area contributed by atoms with Crippen molar-refractivity contribution in [3.8, 4) is 17.6 Å². The van der Waals surface area contributed by atoms with Crippen molar-refractivity contribution in [2.24, 2.45) is 0 Å². The zero-order valence-corrected chi connectivity index (χ0v) is 29.3. The Labute approximate surface area is 280 Å². The van der Waals surface area contributed by atoms with Crippen molar-refractivity contribution in [3.05, 3.63) is 95.6 Å². The van der Waals surface area contributed by atoms with Crippen molar-refractivity contribution in [1.82, 2.24) is 0 Å². The molecule has 0 amide bonds. The van der Waals surface area contributed by atoms with Gasteiger partial charge < -0.3 is 23.3 Å². The summed E-state index contributed by atoms with van der Waals surface area (Å²) in [6.07, 6.45) is 9.78. The lowest BCUT2D eigenvalue weighted by atomic mass is 9.80. The van der Waals surface area contributed by atoms with E-state index in [0.717, 1.165) is 54.1 Å². The van der Waals surface area contributed by atoms with Crippen LogP contribution in [0.4, 0.5) is 0 Å². The molecular weight excluding hydrogens is 622 g/mol. The summed E-state index contributed by atoms with van der Waals surface area (Å²) < 4.78 is 28.5. The van der Waals surface area contributed by atoms with E-state index >= 15 is 0 Å². The van der Waals surface area contributed by atoms with E-state index < -0.39 is 5.60 Å². The quantitative estimate of drug-likeness (QED) is 0.0382. The molecule has 0 aliphatic heterocycles. The van der Waals surface area contributed by atoms with Crippen LogP contribution in [-0.2, 0) is 19.4 Å². The topological polar surface area (TPSA) is 69.9 Å². The second-order valence-corrected chi connectivity index (χ2v) is 14.0. The summed E-state index contributed by atoms with van der Waals surface area (Å²) in [5.41, 5.74) is 2.49. The van der Waals surface area contributed by atoms with Gasteiger partial charge in [0.2, 0.25) is 0 Å². The average molecular weight is 670 g/mol. The second-order valence-electron chi connectivity index (χ2n) is 10.5. The standard InChI is InChI=1S/C36H48NO5PS2/c1-38-34-21-17-32(18-22-34)36(31-15-8-7-9-16-31,33-19-23-35(39-2)24-20-33)40-26-10-3-5-12-29-44-45-30-13-6-4-11-27-41-43-42-28-14-25-37/h7-9,15-24,43H,3-6,10-14,26-30H2,1-2H3. The molecule has 0 aliphatic carbocycles. The minimum atomic E-state index is -0.743. The summed E-state index contributed by atoms with van der Waals surface area (Å²) in [6.45, 7) is 1.87. The summed E-state index contributed by atoms with van der Waals surface area (Å²) in [7, 11) is 7.44. The molecule has 0 N–H and O–H groups in total. The van der Waals surface area contributed by atoms with Crippen LogP contribution in [0.15, 0.2) is 78.9 Å². The van der Waals surface area contributed by atoms with Gasteiger partial charge in [0, 0.05) is 18.1 Å². The largest absolute Gasteiger partial charge is 0.497 e. The Morgan fingerprint density at radius 2 is 1.09 bits per heavy atom. The molecule has 6 nitrogen and oxygen atoms in total. The number of rotatable bonds is 25. The third-order valence-electron chi connectivity index (χ3n) is 7.36. The molecule has 0 fully saturated rings. The van der Waals surface area contributed by atoms with Crippen molar-refractivity contribution in [2.45, 2.75) is 63.4 Å². The van der Waals surface area contributed by atoms with E-state index in [1.54, 1.807) is 14.2 Å². The Morgan fingerprint density at radius 1 is 0.600 bits per heavy atom. The SMILES string of the molecule is COc1ccc(C(OCCCCCCSSCCCCCCOPOCCC#N)(c2ccccc2)c2ccc(OC)cc2)cc1. The first kappa shape index (κ1) is 37.2. The molecule has 0 saturated heterocycles. The minimum absolute atomic E-state index is 0.0577. The second kappa shape index (κ2) is 23.1. The number of methoxy groups -OCH3 is 2. The summed E-state index contributed by atoms with van der Waals surface area (Å²) in [5, 5.41) is 8.47. The summed E-state index contributed by atoms with van der Waals surface area (Å²) in [5.74, 6) is 4.04. The smallest absolute Gasteiger partial charge is 0.155 e. The number of hydrogen-bond donors (Lipinski definition) is 0. The van der Waals surface area contributed by atoms with Gasteiger partial charge in [-0.15, -0.1) is 0 Å². The van der Waals surface area contributed by atoms with Gasteiger partial charge in [-0.25, -0.2) is 0 Å². The van der Waals surface area contributed by atoms with Gasteiger partial charge in [0.25, 0.3) is 0 Å². The highest BCUT2D eigenvalue weighted by atomic mass is 33.1. The Morgan fingerprint density at radius 3 is 1.62 bits per heavy atom. The molecule has 0 radical (unpaired) electrons. The van der Waals surface area contributed by atoms with Gasteiger partial charge >= 0.3 is 0 Å². The summed E-state index contributed by atoms with van der Waals surface area (Å²) in [4.78, 5) is 0. The molecular formula is C36H48NO5PS2. The maximum atomic E-state index is 8.47. The summed E-state index contributed by atoms with van der Waals surface area (Å²) in [6, 6.07) is 29.0. The minimum Gasteiger partial charge on any atom is -0.497 e. The van der Waals surface area contributed by atoms with Gasteiger partial charge in [-0.2, -0.15) is 5.26 Å². The van der Waals surface area contributed by atoms with Crippen molar-refractivity contribution >= 4 is 30.6 Å². The van der Waals surface area contributed by atoms with Crippen molar-refractivity contribution in [3.63, 3.8) is 0 Å². The average Bonchev–Trinajstić information content (AvgIpc) is 3.10. The van der Waals surface area contributed by atoms with Crippen LogP contribution in [0.5, 0.6) is 11.5 Å². The molecule has 0 heterocycles. The van der Waals surface area contributed by atoms with Crippen LogP contribution in [0.2, 0.25) is 0 Å². The molecule has 3 aromatic carbocycles. The van der Waals surface area contributed by atoms with E-state index in [-0.39, 0.29) is 9.03 Å². The molecule has 1 unspecified atom stereocenters. The monoisotopic (exact) mass is 669 g/mol. The van der Waals surface area contributed by atoms with Crippen LogP contribution in [0, 0.1) is 11.3 Å². The highest BCUT2D eigenvalue weighted by Crippen LogP contribution is 2.42. The molecule has 45 heavy (non-hydrogen) atoms. The lowest BCUT2D eigenvalue weighted by Gasteiger charge is -2.36. The van der Waals surface area contributed by atoms with Crippen LogP contribution < -0.4 is 9.47 Å². The molecule has 1 atom stereocenters. The predicted octanol–water partition coefficient (Wildman–Crippen LogP) is 9.97. The van der Waals surface area contributed by atoms with Crippen molar-refractivity contribution < 1.29 is 23.3 Å². The molecule has 244 valence electrons. The first-order valence-corrected chi connectivity index (χ1v) is 19.1. The van der Waals surface area contributed by atoms with Gasteiger partial charge in [-0.1, -0.05) is 102 Å². The van der Waals surface area contributed by atoms with Crippen LogP contribution in [-0.4, -0.2) is 45.5 Å². The highest BCUT2D eigenvalue weighted by Gasteiger charge is 2.37. The zero-order valence-electron chi connectivity index (χ0n) is 26.7. The van der Waals surface area contributed by atoms with Crippen LogP contribution in [0.25, 0.3) is 0 Å². The predicted molar refractivity (Wildman–Crippen MR) is 191 cm³/mol. The third kappa shape index (κ3) is 13.2. The van der Waals surface area contributed by atoms with Crippen LogP contribution >= 0.6 is 30.6 Å². The first-order valence-electron chi connectivity index (χ1n) is 15.8. The van der Waals surface area contributed by atoms with Crippen LogP contribution in [0.1, 0.15) is 74.5 Å². The number of unbranched alkanes of at least 4 members (excludes halogenated alkanes) is 6. The fourth-order valence-electron chi connectivity index (χ4n) is 4.94.